The molecule has 5 heteroatoms. The van der Waals surface area contributed by atoms with Crippen LogP contribution in [0.25, 0.3) is 0 Å². The van der Waals surface area contributed by atoms with Crippen LogP contribution in [0.4, 0.5) is 11.4 Å². The quantitative estimate of drug-likeness (QED) is 0.849. The average Bonchev–Trinajstić information content (AvgIpc) is 2.86. The Balaban J connectivity index is 1.79. The number of rotatable bonds is 5. The van der Waals surface area contributed by atoms with Crippen LogP contribution in [0.5, 0.6) is 5.75 Å². The topological polar surface area (TPSA) is 58.6 Å². The smallest absolute Gasteiger partial charge is 0.256 e. The van der Waals surface area contributed by atoms with Gasteiger partial charge in [0, 0.05) is 5.69 Å². The van der Waals surface area contributed by atoms with Gasteiger partial charge < -0.3 is 10.1 Å². The SMILES string of the molecule is CCOc1ccc(N2C(=O)C[C@H](Nc3cc(C)ccc3C)C2=O)cc1. The zero-order valence-corrected chi connectivity index (χ0v) is 14.7. The molecule has 3 rings (SSSR count). The van der Waals surface area contributed by atoms with Gasteiger partial charge in [0.25, 0.3) is 5.91 Å². The first-order chi connectivity index (χ1) is 12.0. The molecule has 0 spiro atoms. The third-order valence-corrected chi connectivity index (χ3v) is 4.28. The predicted octanol–water partition coefficient (Wildman–Crippen LogP) is 3.45. The number of aryl methyl sites for hydroxylation is 2. The summed E-state index contributed by atoms with van der Waals surface area (Å²) in [5.74, 6) is 0.294. The number of anilines is 2. The fourth-order valence-electron chi connectivity index (χ4n) is 2.95. The first-order valence-corrected chi connectivity index (χ1v) is 8.43. The van der Waals surface area contributed by atoms with Gasteiger partial charge in [0.1, 0.15) is 11.8 Å². The van der Waals surface area contributed by atoms with Crippen molar-refractivity contribution in [3.05, 3.63) is 53.6 Å². The molecule has 0 aliphatic carbocycles. The lowest BCUT2D eigenvalue weighted by Gasteiger charge is -2.17. The highest BCUT2D eigenvalue weighted by molar-refractivity contribution is 6.23. The zero-order chi connectivity index (χ0) is 18.0. The number of imide groups is 1. The number of amides is 2. The van der Waals surface area contributed by atoms with Crippen molar-refractivity contribution in [2.24, 2.45) is 0 Å². The highest BCUT2D eigenvalue weighted by Gasteiger charge is 2.39. The van der Waals surface area contributed by atoms with Crippen molar-refractivity contribution in [3.8, 4) is 5.75 Å². The van der Waals surface area contributed by atoms with Crippen LogP contribution >= 0.6 is 0 Å². The van der Waals surface area contributed by atoms with Gasteiger partial charge >= 0.3 is 0 Å². The highest BCUT2D eigenvalue weighted by Crippen LogP contribution is 2.27. The second-order valence-electron chi connectivity index (χ2n) is 6.21. The van der Waals surface area contributed by atoms with E-state index in [1.165, 1.54) is 4.90 Å². The summed E-state index contributed by atoms with van der Waals surface area (Å²) < 4.78 is 5.40. The van der Waals surface area contributed by atoms with E-state index in [-0.39, 0.29) is 18.2 Å². The predicted molar refractivity (Wildman–Crippen MR) is 98.0 cm³/mol. The van der Waals surface area contributed by atoms with Crippen molar-refractivity contribution in [2.45, 2.75) is 33.2 Å². The fourth-order valence-corrected chi connectivity index (χ4v) is 2.95. The normalized spacial score (nSPS) is 17.1. The summed E-state index contributed by atoms with van der Waals surface area (Å²) in [6.45, 7) is 6.46. The summed E-state index contributed by atoms with van der Waals surface area (Å²) in [6.07, 6.45) is 0.152. The number of hydrogen-bond acceptors (Lipinski definition) is 4. The maximum absolute atomic E-state index is 12.7. The molecule has 1 saturated heterocycles. The molecule has 1 fully saturated rings. The number of ether oxygens (including phenoxy) is 1. The Morgan fingerprint density at radius 1 is 1.12 bits per heavy atom. The zero-order valence-electron chi connectivity index (χ0n) is 14.7. The Labute approximate surface area is 147 Å². The van der Waals surface area contributed by atoms with Gasteiger partial charge in [-0.25, -0.2) is 4.90 Å². The second kappa shape index (κ2) is 6.97. The molecule has 130 valence electrons. The summed E-state index contributed by atoms with van der Waals surface area (Å²) in [6, 6.07) is 12.5. The van der Waals surface area contributed by atoms with Crippen molar-refractivity contribution in [3.63, 3.8) is 0 Å². The van der Waals surface area contributed by atoms with Crippen LogP contribution in [-0.4, -0.2) is 24.5 Å². The molecule has 1 aliphatic rings. The van der Waals surface area contributed by atoms with E-state index in [0.29, 0.717) is 12.3 Å². The first-order valence-electron chi connectivity index (χ1n) is 8.43. The maximum Gasteiger partial charge on any atom is 0.256 e. The molecule has 1 N–H and O–H groups in total. The summed E-state index contributed by atoms with van der Waals surface area (Å²) >= 11 is 0. The van der Waals surface area contributed by atoms with Crippen LogP contribution in [0.1, 0.15) is 24.5 Å². The van der Waals surface area contributed by atoms with Gasteiger partial charge in [-0.2, -0.15) is 0 Å². The molecule has 2 aromatic rings. The molecule has 0 saturated carbocycles. The van der Waals surface area contributed by atoms with Crippen LogP contribution < -0.4 is 15.0 Å². The number of nitrogens with zero attached hydrogens (tertiary/aromatic N) is 1. The largest absolute Gasteiger partial charge is 0.494 e. The highest BCUT2D eigenvalue weighted by atomic mass is 16.5. The lowest BCUT2D eigenvalue weighted by atomic mass is 10.1. The third kappa shape index (κ3) is 3.50. The van der Waals surface area contributed by atoms with E-state index in [1.54, 1.807) is 24.3 Å². The van der Waals surface area contributed by atoms with E-state index in [4.69, 9.17) is 4.74 Å². The second-order valence-corrected chi connectivity index (χ2v) is 6.21. The van der Waals surface area contributed by atoms with Crippen LogP contribution in [0, 0.1) is 13.8 Å². The van der Waals surface area contributed by atoms with E-state index < -0.39 is 6.04 Å². The van der Waals surface area contributed by atoms with Crippen molar-refractivity contribution >= 4 is 23.2 Å². The lowest BCUT2D eigenvalue weighted by Crippen LogP contribution is -2.34. The summed E-state index contributed by atoms with van der Waals surface area (Å²) in [5.41, 5.74) is 3.61. The van der Waals surface area contributed by atoms with Crippen LogP contribution in [0.2, 0.25) is 0 Å². The molecular formula is C20H22N2O3. The minimum Gasteiger partial charge on any atom is -0.494 e. The van der Waals surface area contributed by atoms with Crippen molar-refractivity contribution in [1.82, 2.24) is 0 Å². The van der Waals surface area contributed by atoms with E-state index in [1.807, 2.05) is 39.0 Å². The standard InChI is InChI=1S/C20H22N2O3/c1-4-25-16-9-7-15(8-10-16)22-19(23)12-18(20(22)24)21-17-11-13(2)5-6-14(17)3/h5-11,18,21H,4,12H2,1-3H3/t18-/m0/s1. The molecule has 0 aromatic heterocycles. The van der Waals surface area contributed by atoms with E-state index in [9.17, 15) is 9.59 Å². The molecule has 1 aliphatic heterocycles. The van der Waals surface area contributed by atoms with Gasteiger partial charge in [0.05, 0.1) is 18.7 Å². The van der Waals surface area contributed by atoms with Gasteiger partial charge in [-0.3, -0.25) is 9.59 Å². The van der Waals surface area contributed by atoms with Crippen LogP contribution in [-0.2, 0) is 9.59 Å². The Hall–Kier alpha value is -2.82. The summed E-state index contributed by atoms with van der Waals surface area (Å²) in [7, 11) is 0. The fraction of sp³-hybridized carbons (Fsp3) is 0.300. The molecule has 0 unspecified atom stereocenters. The number of carbonyl (C=O) groups excluding carboxylic acids is 2. The maximum atomic E-state index is 12.7. The van der Waals surface area contributed by atoms with E-state index in [0.717, 1.165) is 22.6 Å². The molecule has 0 bridgehead atoms. The summed E-state index contributed by atoms with van der Waals surface area (Å²) in [4.78, 5) is 26.4. The third-order valence-electron chi connectivity index (χ3n) is 4.28. The Morgan fingerprint density at radius 2 is 1.84 bits per heavy atom. The van der Waals surface area contributed by atoms with Crippen molar-refractivity contribution < 1.29 is 14.3 Å². The number of carbonyl (C=O) groups is 2. The summed E-state index contributed by atoms with van der Waals surface area (Å²) in [5, 5.41) is 3.22. The number of benzene rings is 2. The average molecular weight is 338 g/mol. The molecule has 1 heterocycles. The van der Waals surface area contributed by atoms with Gasteiger partial charge in [0.15, 0.2) is 0 Å². The van der Waals surface area contributed by atoms with Crippen molar-refractivity contribution in [1.29, 1.82) is 0 Å². The van der Waals surface area contributed by atoms with E-state index >= 15 is 0 Å². The molecule has 5 nitrogen and oxygen atoms in total. The van der Waals surface area contributed by atoms with Gasteiger partial charge in [0.2, 0.25) is 5.91 Å². The number of hydrogen-bond donors (Lipinski definition) is 1. The van der Waals surface area contributed by atoms with Crippen molar-refractivity contribution in [2.75, 3.05) is 16.8 Å². The van der Waals surface area contributed by atoms with Gasteiger partial charge in [-0.15, -0.1) is 0 Å². The Kier molecular flexibility index (Phi) is 4.74. The van der Waals surface area contributed by atoms with Gasteiger partial charge in [-0.1, -0.05) is 12.1 Å². The van der Waals surface area contributed by atoms with E-state index in [2.05, 4.69) is 5.32 Å². The number of nitrogens with one attached hydrogen (secondary N) is 1. The molecule has 2 aromatic carbocycles. The molecule has 25 heavy (non-hydrogen) atoms. The monoisotopic (exact) mass is 338 g/mol. The first kappa shape index (κ1) is 17.0. The molecule has 2 amide bonds. The Bertz CT molecular complexity index is 799. The van der Waals surface area contributed by atoms with Gasteiger partial charge in [-0.05, 0) is 62.2 Å². The minimum atomic E-state index is -0.542. The van der Waals surface area contributed by atoms with Crippen LogP contribution in [0.15, 0.2) is 42.5 Å². The Morgan fingerprint density at radius 3 is 2.52 bits per heavy atom. The lowest BCUT2D eigenvalue weighted by molar-refractivity contribution is -0.121. The molecule has 0 radical (unpaired) electrons. The van der Waals surface area contributed by atoms with Crippen LogP contribution in [0.3, 0.4) is 0 Å². The molecule has 1 atom stereocenters. The molecular weight excluding hydrogens is 316 g/mol. The minimum absolute atomic E-state index is 0.152.